The maximum atomic E-state index is 5.25. The highest BCUT2D eigenvalue weighted by molar-refractivity contribution is 5.77. The number of hydrogen-bond donors (Lipinski definition) is 2. The van der Waals surface area contributed by atoms with Gasteiger partial charge in [-0.1, -0.05) is 0 Å². The number of rotatable bonds is 2. The number of aromatic amines is 1. The Morgan fingerprint density at radius 2 is 2.28 bits per heavy atom. The summed E-state index contributed by atoms with van der Waals surface area (Å²) in [5, 5.41) is 3.66. The molecule has 1 aromatic heterocycles. The van der Waals surface area contributed by atoms with Crippen molar-refractivity contribution in [3.8, 4) is 5.75 Å². The third kappa shape index (κ3) is 1.45. The predicted octanol–water partition coefficient (Wildman–Crippen LogP) is 2.18. The van der Waals surface area contributed by atoms with E-state index < -0.39 is 0 Å². The summed E-state index contributed by atoms with van der Waals surface area (Å²) >= 11 is 0. The first kappa shape index (κ1) is 10.4. The first-order chi connectivity index (χ1) is 8.83. The second kappa shape index (κ2) is 3.72. The molecule has 4 nitrogen and oxygen atoms in total. The molecule has 2 saturated heterocycles. The summed E-state index contributed by atoms with van der Waals surface area (Å²) in [7, 11) is 1.69. The highest BCUT2D eigenvalue weighted by Gasteiger charge is 2.41. The van der Waals surface area contributed by atoms with Crippen LogP contribution < -0.4 is 10.1 Å². The van der Waals surface area contributed by atoms with Gasteiger partial charge in [0, 0.05) is 24.1 Å². The molecule has 4 rings (SSSR count). The maximum absolute atomic E-state index is 5.25. The lowest BCUT2D eigenvalue weighted by Crippen LogP contribution is -2.22. The van der Waals surface area contributed by atoms with Gasteiger partial charge in [-0.3, -0.25) is 0 Å². The average Bonchev–Trinajstić information content (AvgIpc) is 3.11. The van der Waals surface area contributed by atoms with Crippen LogP contribution in [-0.2, 0) is 0 Å². The van der Waals surface area contributed by atoms with Crippen LogP contribution in [0.2, 0.25) is 0 Å². The molecule has 0 radical (unpaired) electrons. The molecule has 0 amide bonds. The standard InChI is InChI=1S/C14H17N3O/c1-18-9-3-5-12-13(7-9)17-14(16-12)10-6-8-2-4-11(10)15-8/h3,5,7-8,10-11,15H,2,4,6H2,1H3,(H,16,17). The van der Waals surface area contributed by atoms with Gasteiger partial charge in [-0.15, -0.1) is 0 Å². The number of methoxy groups -OCH3 is 1. The summed E-state index contributed by atoms with van der Waals surface area (Å²) in [6.07, 6.45) is 3.84. The highest BCUT2D eigenvalue weighted by Crippen LogP contribution is 2.39. The van der Waals surface area contributed by atoms with Crippen LogP contribution in [0.3, 0.4) is 0 Å². The van der Waals surface area contributed by atoms with Crippen LogP contribution in [-0.4, -0.2) is 29.2 Å². The minimum atomic E-state index is 0.558. The SMILES string of the molecule is COc1ccc2nc(C3CC4CCC3N4)[nH]c2c1. The van der Waals surface area contributed by atoms with Crippen LogP contribution >= 0.6 is 0 Å². The summed E-state index contributed by atoms with van der Waals surface area (Å²) < 4.78 is 5.25. The third-order valence-corrected chi connectivity index (χ3v) is 4.36. The van der Waals surface area contributed by atoms with E-state index in [0.29, 0.717) is 18.0 Å². The number of benzene rings is 1. The molecular weight excluding hydrogens is 226 g/mol. The van der Waals surface area contributed by atoms with Gasteiger partial charge >= 0.3 is 0 Å². The number of imidazole rings is 1. The Kier molecular flexibility index (Phi) is 2.14. The molecule has 2 aliphatic rings. The van der Waals surface area contributed by atoms with Gasteiger partial charge in [0.25, 0.3) is 0 Å². The lowest BCUT2D eigenvalue weighted by Gasteiger charge is -2.17. The molecule has 4 heteroatoms. The number of nitrogens with one attached hydrogen (secondary N) is 2. The third-order valence-electron chi connectivity index (χ3n) is 4.36. The van der Waals surface area contributed by atoms with Crippen LogP contribution in [0.4, 0.5) is 0 Å². The van der Waals surface area contributed by atoms with E-state index in [0.717, 1.165) is 22.6 Å². The number of nitrogens with zero attached hydrogens (tertiary/aromatic N) is 1. The number of hydrogen-bond acceptors (Lipinski definition) is 3. The van der Waals surface area contributed by atoms with E-state index in [1.54, 1.807) is 7.11 Å². The van der Waals surface area contributed by atoms with Crippen molar-refractivity contribution >= 4 is 11.0 Å². The van der Waals surface area contributed by atoms with Gasteiger partial charge in [-0.25, -0.2) is 4.98 Å². The van der Waals surface area contributed by atoms with Crippen molar-refractivity contribution in [3.05, 3.63) is 24.0 Å². The number of H-pyrrole nitrogens is 1. The van der Waals surface area contributed by atoms with Crippen molar-refractivity contribution in [2.24, 2.45) is 0 Å². The van der Waals surface area contributed by atoms with E-state index in [4.69, 9.17) is 9.72 Å². The maximum Gasteiger partial charge on any atom is 0.121 e. The van der Waals surface area contributed by atoms with Crippen molar-refractivity contribution < 1.29 is 4.74 Å². The zero-order valence-corrected chi connectivity index (χ0v) is 10.4. The Morgan fingerprint density at radius 3 is 3.00 bits per heavy atom. The van der Waals surface area contributed by atoms with Crippen LogP contribution in [0.25, 0.3) is 11.0 Å². The summed E-state index contributed by atoms with van der Waals surface area (Å²) in [6, 6.07) is 7.34. The van der Waals surface area contributed by atoms with Crippen molar-refractivity contribution in [2.75, 3.05) is 7.11 Å². The van der Waals surface area contributed by atoms with E-state index in [1.807, 2.05) is 18.2 Å². The first-order valence-electron chi connectivity index (χ1n) is 6.63. The van der Waals surface area contributed by atoms with Crippen LogP contribution in [0, 0.1) is 0 Å². The van der Waals surface area contributed by atoms with Gasteiger partial charge in [-0.2, -0.15) is 0 Å². The average molecular weight is 243 g/mol. The quantitative estimate of drug-likeness (QED) is 0.850. The van der Waals surface area contributed by atoms with E-state index in [-0.39, 0.29) is 0 Å². The molecule has 2 bridgehead atoms. The van der Waals surface area contributed by atoms with Gasteiger partial charge < -0.3 is 15.0 Å². The molecule has 0 aliphatic carbocycles. The van der Waals surface area contributed by atoms with Crippen LogP contribution in [0.15, 0.2) is 18.2 Å². The van der Waals surface area contributed by atoms with Gasteiger partial charge in [0.05, 0.1) is 18.1 Å². The topological polar surface area (TPSA) is 49.9 Å². The van der Waals surface area contributed by atoms with Crippen molar-refractivity contribution in [1.82, 2.24) is 15.3 Å². The van der Waals surface area contributed by atoms with Crippen LogP contribution in [0.1, 0.15) is 31.0 Å². The molecular formula is C14H17N3O. The molecule has 2 fully saturated rings. The van der Waals surface area contributed by atoms with Crippen molar-refractivity contribution in [1.29, 1.82) is 0 Å². The zero-order valence-electron chi connectivity index (χ0n) is 10.4. The van der Waals surface area contributed by atoms with E-state index >= 15 is 0 Å². The Hall–Kier alpha value is -1.55. The summed E-state index contributed by atoms with van der Waals surface area (Å²) in [4.78, 5) is 8.20. The second-order valence-electron chi connectivity index (χ2n) is 5.39. The summed E-state index contributed by atoms with van der Waals surface area (Å²) in [5.74, 6) is 2.57. The predicted molar refractivity (Wildman–Crippen MR) is 69.9 cm³/mol. The molecule has 18 heavy (non-hydrogen) atoms. The first-order valence-corrected chi connectivity index (χ1v) is 6.63. The molecule has 0 saturated carbocycles. The minimum Gasteiger partial charge on any atom is -0.497 e. The molecule has 94 valence electrons. The monoisotopic (exact) mass is 243 g/mol. The fraction of sp³-hybridized carbons (Fsp3) is 0.500. The Morgan fingerprint density at radius 1 is 1.33 bits per heavy atom. The van der Waals surface area contributed by atoms with E-state index in [2.05, 4.69) is 10.3 Å². The minimum absolute atomic E-state index is 0.558. The molecule has 3 heterocycles. The molecule has 2 N–H and O–H groups in total. The smallest absolute Gasteiger partial charge is 0.121 e. The highest BCUT2D eigenvalue weighted by atomic mass is 16.5. The fourth-order valence-corrected chi connectivity index (χ4v) is 3.44. The number of fused-ring (bicyclic) bond motifs is 3. The number of ether oxygens (including phenoxy) is 1. The zero-order chi connectivity index (χ0) is 12.1. The van der Waals surface area contributed by atoms with Crippen molar-refractivity contribution in [3.63, 3.8) is 0 Å². The largest absolute Gasteiger partial charge is 0.497 e. The van der Waals surface area contributed by atoms with Gasteiger partial charge in [-0.05, 0) is 31.4 Å². The molecule has 3 atom stereocenters. The Labute approximate surface area is 106 Å². The molecule has 1 aromatic carbocycles. The summed E-state index contributed by atoms with van der Waals surface area (Å²) in [5.41, 5.74) is 2.11. The van der Waals surface area contributed by atoms with Crippen molar-refractivity contribution in [2.45, 2.75) is 37.3 Å². The van der Waals surface area contributed by atoms with Gasteiger partial charge in [0.1, 0.15) is 11.6 Å². The van der Waals surface area contributed by atoms with Crippen LogP contribution in [0.5, 0.6) is 5.75 Å². The second-order valence-corrected chi connectivity index (χ2v) is 5.39. The molecule has 2 aromatic rings. The molecule has 3 unspecified atom stereocenters. The normalized spacial score (nSPS) is 30.2. The Bertz CT molecular complexity index is 592. The lowest BCUT2D eigenvalue weighted by molar-refractivity contribution is 0.415. The Balaban J connectivity index is 1.73. The molecule has 0 spiro atoms. The summed E-state index contributed by atoms with van der Waals surface area (Å²) in [6.45, 7) is 0. The van der Waals surface area contributed by atoms with Gasteiger partial charge in [0.15, 0.2) is 0 Å². The lowest BCUT2D eigenvalue weighted by atomic mass is 9.89. The van der Waals surface area contributed by atoms with E-state index in [1.165, 1.54) is 19.3 Å². The van der Waals surface area contributed by atoms with E-state index in [9.17, 15) is 0 Å². The number of aromatic nitrogens is 2. The molecule has 2 aliphatic heterocycles. The fourth-order valence-electron chi connectivity index (χ4n) is 3.44. The van der Waals surface area contributed by atoms with Gasteiger partial charge in [0.2, 0.25) is 0 Å².